The van der Waals surface area contributed by atoms with Gasteiger partial charge in [-0.15, -0.1) is 0 Å². The molecule has 104 valence electrons. The fraction of sp³-hybridized carbons (Fsp3) is 0.125. The van der Waals surface area contributed by atoms with Gasteiger partial charge in [0.05, 0.1) is 5.56 Å². The highest BCUT2D eigenvalue weighted by Crippen LogP contribution is 2.42. The molecule has 1 aliphatic heterocycles. The number of hydrogen-bond donors (Lipinski definition) is 1. The Labute approximate surface area is 127 Å². The number of rotatable bonds is 2. The van der Waals surface area contributed by atoms with Crippen LogP contribution in [-0.2, 0) is 13.1 Å². The molecule has 2 N–H and O–H groups in total. The van der Waals surface area contributed by atoms with Crippen LogP contribution in [0.25, 0.3) is 11.1 Å². The van der Waals surface area contributed by atoms with Gasteiger partial charge in [-0.25, -0.2) is 0 Å². The van der Waals surface area contributed by atoms with Crippen molar-refractivity contribution < 1.29 is 0 Å². The van der Waals surface area contributed by atoms with Crippen LogP contribution in [0.4, 0.5) is 10.8 Å². The van der Waals surface area contributed by atoms with Gasteiger partial charge in [0.2, 0.25) is 0 Å². The number of anilines is 2. The summed E-state index contributed by atoms with van der Waals surface area (Å²) in [5, 5.41) is 1.12. The summed E-state index contributed by atoms with van der Waals surface area (Å²) in [6.07, 6.45) is 3.61. The fourth-order valence-corrected chi connectivity index (χ4v) is 3.60. The first-order valence-electron chi connectivity index (χ1n) is 6.80. The van der Waals surface area contributed by atoms with Crippen molar-refractivity contribution in [2.75, 3.05) is 10.6 Å². The van der Waals surface area contributed by atoms with Gasteiger partial charge in [0, 0.05) is 31.0 Å². The molecule has 3 aromatic rings. The first kappa shape index (κ1) is 12.3. The minimum Gasteiger partial charge on any atom is -0.382 e. The normalized spacial score (nSPS) is 13.4. The number of hydrogen-bond acceptors (Lipinski definition) is 5. The summed E-state index contributed by atoms with van der Waals surface area (Å²) < 4.78 is 4.35. The summed E-state index contributed by atoms with van der Waals surface area (Å²) in [5.41, 5.74) is 10.9. The molecule has 0 atom stereocenters. The molecule has 1 aromatic carbocycles. The van der Waals surface area contributed by atoms with E-state index in [1.165, 1.54) is 22.7 Å². The van der Waals surface area contributed by atoms with E-state index in [9.17, 15) is 0 Å². The fourth-order valence-electron chi connectivity index (χ4n) is 2.77. The van der Waals surface area contributed by atoms with E-state index in [4.69, 9.17) is 5.73 Å². The van der Waals surface area contributed by atoms with E-state index < -0.39 is 0 Å². The molecule has 0 saturated heterocycles. The van der Waals surface area contributed by atoms with Crippen LogP contribution in [0.15, 0.2) is 48.8 Å². The highest BCUT2D eigenvalue weighted by atomic mass is 32.1. The number of nitrogens with zero attached hydrogens (tertiary/aromatic N) is 3. The van der Waals surface area contributed by atoms with Crippen LogP contribution >= 0.6 is 11.5 Å². The van der Waals surface area contributed by atoms with Gasteiger partial charge in [-0.3, -0.25) is 4.98 Å². The first-order chi connectivity index (χ1) is 10.3. The molecule has 2 aromatic heterocycles. The summed E-state index contributed by atoms with van der Waals surface area (Å²) in [6.45, 7) is 1.82. The maximum absolute atomic E-state index is 6.09. The third-order valence-electron chi connectivity index (χ3n) is 3.78. The lowest BCUT2D eigenvalue weighted by molar-refractivity contribution is 0.893. The van der Waals surface area contributed by atoms with E-state index in [1.54, 1.807) is 6.20 Å². The Hall–Kier alpha value is -2.40. The molecule has 4 nitrogen and oxygen atoms in total. The summed E-state index contributed by atoms with van der Waals surface area (Å²) in [7, 11) is 0. The number of pyridine rings is 1. The molecule has 0 spiro atoms. The number of nitrogens with two attached hydrogens (primary N) is 1. The second kappa shape index (κ2) is 4.86. The minimum atomic E-state index is 0.582. The Morgan fingerprint density at radius 1 is 1.05 bits per heavy atom. The van der Waals surface area contributed by atoms with Crippen LogP contribution in [0, 0.1) is 0 Å². The van der Waals surface area contributed by atoms with Crippen molar-refractivity contribution in [3.8, 4) is 11.1 Å². The van der Waals surface area contributed by atoms with Gasteiger partial charge >= 0.3 is 0 Å². The minimum absolute atomic E-state index is 0.582. The lowest BCUT2D eigenvalue weighted by Crippen LogP contribution is -2.14. The number of fused-ring (bicyclic) bond motifs is 1. The lowest BCUT2D eigenvalue weighted by Gasteiger charge is -2.17. The zero-order valence-electron chi connectivity index (χ0n) is 11.4. The monoisotopic (exact) mass is 294 g/mol. The Morgan fingerprint density at radius 2 is 1.81 bits per heavy atom. The van der Waals surface area contributed by atoms with Crippen molar-refractivity contribution >= 4 is 22.4 Å². The van der Waals surface area contributed by atoms with Crippen molar-refractivity contribution in [2.45, 2.75) is 13.1 Å². The summed E-state index contributed by atoms with van der Waals surface area (Å²) in [5.74, 6) is 0.582. The van der Waals surface area contributed by atoms with Gasteiger partial charge in [-0.2, -0.15) is 4.37 Å². The van der Waals surface area contributed by atoms with E-state index in [2.05, 4.69) is 38.5 Å². The highest BCUT2D eigenvalue weighted by molar-refractivity contribution is 7.11. The average molecular weight is 294 g/mol. The lowest BCUT2D eigenvalue weighted by atomic mass is 10.1. The van der Waals surface area contributed by atoms with E-state index in [-0.39, 0.29) is 0 Å². The van der Waals surface area contributed by atoms with Crippen LogP contribution in [0.3, 0.4) is 0 Å². The molecular formula is C16H14N4S. The third kappa shape index (κ3) is 2.06. The first-order valence-corrected chi connectivity index (χ1v) is 7.57. The van der Waals surface area contributed by atoms with Gasteiger partial charge in [0.15, 0.2) is 0 Å². The molecule has 4 rings (SSSR count). The van der Waals surface area contributed by atoms with E-state index in [0.29, 0.717) is 5.82 Å². The topological polar surface area (TPSA) is 55.0 Å². The predicted octanol–water partition coefficient (Wildman–Crippen LogP) is 3.31. The number of aromatic nitrogens is 2. The molecule has 0 radical (unpaired) electrons. The molecule has 5 heteroatoms. The van der Waals surface area contributed by atoms with E-state index in [1.807, 2.05) is 18.3 Å². The molecule has 1 aliphatic rings. The Bertz CT molecular complexity index is 757. The van der Waals surface area contributed by atoms with Crippen LogP contribution in [0.2, 0.25) is 0 Å². The van der Waals surface area contributed by atoms with Crippen molar-refractivity contribution in [3.63, 3.8) is 0 Å². The molecule has 0 bridgehead atoms. The SMILES string of the molecule is Nc1nsc(N2Cc3ccccc3C2)c1-c1cccnc1. The van der Waals surface area contributed by atoms with Crippen molar-refractivity contribution in [2.24, 2.45) is 0 Å². The highest BCUT2D eigenvalue weighted by Gasteiger charge is 2.24. The molecule has 0 fully saturated rings. The molecule has 0 unspecified atom stereocenters. The van der Waals surface area contributed by atoms with Gasteiger partial charge < -0.3 is 10.6 Å². The summed E-state index contributed by atoms with van der Waals surface area (Å²) >= 11 is 1.46. The van der Waals surface area contributed by atoms with Crippen LogP contribution < -0.4 is 10.6 Å². The van der Waals surface area contributed by atoms with Crippen LogP contribution in [0.1, 0.15) is 11.1 Å². The average Bonchev–Trinajstić information content (AvgIpc) is 3.11. The van der Waals surface area contributed by atoms with Crippen molar-refractivity contribution in [3.05, 3.63) is 59.9 Å². The Balaban J connectivity index is 1.75. The van der Waals surface area contributed by atoms with Gasteiger partial charge in [0.25, 0.3) is 0 Å². The Morgan fingerprint density at radius 3 is 2.48 bits per heavy atom. The summed E-state index contributed by atoms with van der Waals surface area (Å²) in [4.78, 5) is 6.53. The van der Waals surface area contributed by atoms with E-state index in [0.717, 1.165) is 29.2 Å². The van der Waals surface area contributed by atoms with Gasteiger partial charge in [-0.1, -0.05) is 30.3 Å². The Kier molecular flexibility index (Phi) is 2.86. The summed E-state index contributed by atoms with van der Waals surface area (Å²) in [6, 6.07) is 12.5. The number of nitrogen functional groups attached to an aromatic ring is 1. The van der Waals surface area contributed by atoms with E-state index >= 15 is 0 Å². The van der Waals surface area contributed by atoms with Gasteiger partial charge in [-0.05, 0) is 28.7 Å². The zero-order valence-corrected chi connectivity index (χ0v) is 12.2. The molecule has 21 heavy (non-hydrogen) atoms. The standard InChI is InChI=1S/C16H14N4S/c17-15-14(11-6-3-7-18-8-11)16(21-19-15)20-9-12-4-1-2-5-13(12)10-20/h1-8H,9-10H2,(H2,17,19). The van der Waals surface area contributed by atoms with Gasteiger partial charge in [0.1, 0.15) is 10.8 Å². The molecular weight excluding hydrogens is 280 g/mol. The quantitative estimate of drug-likeness (QED) is 0.788. The maximum atomic E-state index is 6.09. The maximum Gasteiger partial charge on any atom is 0.147 e. The third-order valence-corrected chi connectivity index (χ3v) is 4.70. The second-order valence-electron chi connectivity index (χ2n) is 5.11. The second-order valence-corrected chi connectivity index (χ2v) is 5.87. The zero-order chi connectivity index (χ0) is 14.2. The molecule has 0 aliphatic carbocycles. The largest absolute Gasteiger partial charge is 0.382 e. The van der Waals surface area contributed by atoms with Crippen molar-refractivity contribution in [1.82, 2.24) is 9.36 Å². The molecule has 0 amide bonds. The molecule has 3 heterocycles. The van der Waals surface area contributed by atoms with Crippen LogP contribution in [0.5, 0.6) is 0 Å². The van der Waals surface area contributed by atoms with Crippen LogP contribution in [-0.4, -0.2) is 9.36 Å². The smallest absolute Gasteiger partial charge is 0.147 e. The number of benzene rings is 1. The van der Waals surface area contributed by atoms with Crippen molar-refractivity contribution in [1.29, 1.82) is 0 Å². The predicted molar refractivity (Wildman–Crippen MR) is 86.1 cm³/mol. The molecule has 0 saturated carbocycles.